The van der Waals surface area contributed by atoms with Crippen molar-refractivity contribution in [1.29, 1.82) is 0 Å². The highest BCUT2D eigenvalue weighted by molar-refractivity contribution is 5.28. The molecule has 0 aliphatic carbocycles. The summed E-state index contributed by atoms with van der Waals surface area (Å²) in [7, 11) is 0. The maximum Gasteiger partial charge on any atom is 0.458 e. The van der Waals surface area contributed by atoms with E-state index in [-0.39, 0.29) is 0 Å². The molecule has 1 nitrogen and oxygen atoms in total. The van der Waals surface area contributed by atoms with Crippen LogP contribution in [-0.4, -0.2) is 24.2 Å². The maximum absolute atomic E-state index is 13.3. The monoisotopic (exact) mass is 293 g/mol. The van der Waals surface area contributed by atoms with Gasteiger partial charge in [0.15, 0.2) is 0 Å². The van der Waals surface area contributed by atoms with Crippen LogP contribution >= 0.6 is 0 Å². The summed E-state index contributed by atoms with van der Waals surface area (Å²) in [6.45, 7) is 2.14. The van der Waals surface area contributed by atoms with Crippen LogP contribution in [0.4, 0.5) is 22.0 Å². The van der Waals surface area contributed by atoms with Gasteiger partial charge in [0.05, 0.1) is 0 Å². The summed E-state index contributed by atoms with van der Waals surface area (Å²) in [6.07, 6.45) is -2.34. The average Bonchev–Trinajstić information content (AvgIpc) is 2.39. The number of nitrogens with zero attached hydrogens (tertiary/aromatic N) is 1. The molecule has 6 heteroatoms. The van der Waals surface area contributed by atoms with E-state index in [1.807, 2.05) is 0 Å². The van der Waals surface area contributed by atoms with Gasteiger partial charge in [0.1, 0.15) is 0 Å². The summed E-state index contributed by atoms with van der Waals surface area (Å²) in [4.78, 5) is 2.08. The lowest BCUT2D eigenvalue weighted by atomic mass is 10.0. The highest BCUT2D eigenvalue weighted by atomic mass is 19.4. The zero-order valence-corrected chi connectivity index (χ0v) is 10.9. The van der Waals surface area contributed by atoms with E-state index in [1.165, 1.54) is 6.07 Å². The van der Waals surface area contributed by atoms with Crippen molar-refractivity contribution in [2.24, 2.45) is 0 Å². The van der Waals surface area contributed by atoms with E-state index < -0.39 is 17.7 Å². The molecular weight excluding hydrogens is 277 g/mol. The standard InChI is InChI=1S/C14H16F5N/c15-13(16,14(17,18)19)12-6-4-5-11(9-12)10-20-7-2-1-3-8-20/h4-6,9H,1-3,7-8,10H2. The van der Waals surface area contributed by atoms with E-state index in [1.54, 1.807) is 6.07 Å². The fourth-order valence-electron chi connectivity index (χ4n) is 2.40. The molecule has 0 saturated carbocycles. The molecule has 1 aromatic carbocycles. The van der Waals surface area contributed by atoms with Gasteiger partial charge >= 0.3 is 12.1 Å². The summed E-state index contributed by atoms with van der Waals surface area (Å²) >= 11 is 0. The Balaban J connectivity index is 2.15. The van der Waals surface area contributed by atoms with Crippen LogP contribution in [0.3, 0.4) is 0 Å². The molecule has 0 unspecified atom stereocenters. The van der Waals surface area contributed by atoms with Crippen molar-refractivity contribution >= 4 is 0 Å². The minimum absolute atomic E-state index is 0.418. The lowest BCUT2D eigenvalue weighted by Gasteiger charge is -2.27. The van der Waals surface area contributed by atoms with Crippen LogP contribution < -0.4 is 0 Å². The molecule has 1 fully saturated rings. The third-order valence-electron chi connectivity index (χ3n) is 3.50. The van der Waals surface area contributed by atoms with Crippen molar-refractivity contribution in [3.63, 3.8) is 0 Å². The second-order valence-corrected chi connectivity index (χ2v) is 5.11. The van der Waals surface area contributed by atoms with Crippen molar-refractivity contribution in [3.8, 4) is 0 Å². The Morgan fingerprint density at radius 2 is 1.60 bits per heavy atom. The Labute approximate surface area is 114 Å². The van der Waals surface area contributed by atoms with Gasteiger partial charge < -0.3 is 0 Å². The molecule has 20 heavy (non-hydrogen) atoms. The molecule has 2 rings (SSSR count). The molecule has 1 aromatic rings. The van der Waals surface area contributed by atoms with Crippen molar-refractivity contribution in [1.82, 2.24) is 4.90 Å². The predicted molar refractivity (Wildman–Crippen MR) is 65.5 cm³/mol. The Bertz CT molecular complexity index is 449. The number of hydrogen-bond donors (Lipinski definition) is 0. The summed E-state index contributed by atoms with van der Waals surface area (Å²) < 4.78 is 63.6. The van der Waals surface area contributed by atoms with Crippen molar-refractivity contribution in [2.75, 3.05) is 13.1 Å². The summed E-state index contributed by atoms with van der Waals surface area (Å²) in [5.41, 5.74) is -0.493. The highest BCUT2D eigenvalue weighted by Crippen LogP contribution is 2.43. The zero-order valence-electron chi connectivity index (χ0n) is 10.9. The number of benzene rings is 1. The smallest absolute Gasteiger partial charge is 0.299 e. The first kappa shape index (κ1) is 15.2. The minimum atomic E-state index is -5.56. The molecule has 112 valence electrons. The number of hydrogen-bond acceptors (Lipinski definition) is 1. The number of alkyl halides is 5. The molecular formula is C14H16F5N. The third-order valence-corrected chi connectivity index (χ3v) is 3.50. The molecule has 0 N–H and O–H groups in total. The average molecular weight is 293 g/mol. The molecule has 1 aliphatic heterocycles. The van der Waals surface area contributed by atoms with Crippen LogP contribution in [-0.2, 0) is 12.5 Å². The molecule has 0 amide bonds. The lowest BCUT2D eigenvalue weighted by molar-refractivity contribution is -0.289. The second-order valence-electron chi connectivity index (χ2n) is 5.11. The molecule has 1 aliphatic rings. The number of halogens is 5. The largest absolute Gasteiger partial charge is 0.458 e. The van der Waals surface area contributed by atoms with Crippen LogP contribution in [0.5, 0.6) is 0 Å². The molecule has 0 bridgehead atoms. The van der Waals surface area contributed by atoms with E-state index in [0.717, 1.165) is 44.5 Å². The predicted octanol–water partition coefficient (Wildman–Crippen LogP) is 4.33. The van der Waals surface area contributed by atoms with Gasteiger partial charge in [0.25, 0.3) is 0 Å². The fourth-order valence-corrected chi connectivity index (χ4v) is 2.40. The topological polar surface area (TPSA) is 3.24 Å². The van der Waals surface area contributed by atoms with Gasteiger partial charge in [-0.1, -0.05) is 24.6 Å². The van der Waals surface area contributed by atoms with E-state index in [9.17, 15) is 22.0 Å². The first-order valence-corrected chi connectivity index (χ1v) is 6.57. The minimum Gasteiger partial charge on any atom is -0.299 e. The van der Waals surface area contributed by atoms with E-state index in [4.69, 9.17) is 0 Å². The van der Waals surface area contributed by atoms with Gasteiger partial charge in [0, 0.05) is 12.1 Å². The quantitative estimate of drug-likeness (QED) is 0.750. The van der Waals surface area contributed by atoms with Crippen LogP contribution in [0, 0.1) is 0 Å². The van der Waals surface area contributed by atoms with Crippen molar-refractivity contribution < 1.29 is 22.0 Å². The van der Waals surface area contributed by atoms with Crippen molar-refractivity contribution in [2.45, 2.75) is 37.9 Å². The lowest BCUT2D eigenvalue weighted by Crippen LogP contribution is -2.34. The fraction of sp³-hybridized carbons (Fsp3) is 0.571. The third kappa shape index (κ3) is 3.29. The maximum atomic E-state index is 13.3. The summed E-state index contributed by atoms with van der Waals surface area (Å²) in [6, 6.07) is 4.63. The van der Waals surface area contributed by atoms with Gasteiger partial charge in [-0.2, -0.15) is 22.0 Å². The van der Waals surface area contributed by atoms with Gasteiger partial charge in [-0.15, -0.1) is 0 Å². The number of piperidine rings is 1. The molecule has 0 radical (unpaired) electrons. The highest BCUT2D eigenvalue weighted by Gasteiger charge is 2.58. The van der Waals surface area contributed by atoms with Gasteiger partial charge in [0.2, 0.25) is 0 Å². The van der Waals surface area contributed by atoms with E-state index >= 15 is 0 Å². The summed E-state index contributed by atoms with van der Waals surface area (Å²) in [5.74, 6) is -4.80. The molecule has 0 atom stereocenters. The SMILES string of the molecule is FC(F)(F)C(F)(F)c1cccc(CN2CCCCC2)c1. The van der Waals surface area contributed by atoms with Gasteiger partial charge in [-0.3, -0.25) is 4.90 Å². The van der Waals surface area contributed by atoms with Crippen molar-refractivity contribution in [3.05, 3.63) is 35.4 Å². The molecule has 1 heterocycles. The first-order chi connectivity index (χ1) is 9.30. The number of rotatable bonds is 3. The van der Waals surface area contributed by atoms with Crippen LogP contribution in [0.25, 0.3) is 0 Å². The Kier molecular flexibility index (Phi) is 4.32. The second kappa shape index (κ2) is 5.68. The summed E-state index contributed by atoms with van der Waals surface area (Å²) in [5, 5.41) is 0. The molecule has 0 spiro atoms. The Morgan fingerprint density at radius 3 is 2.20 bits per heavy atom. The van der Waals surface area contributed by atoms with Crippen LogP contribution in [0.1, 0.15) is 30.4 Å². The van der Waals surface area contributed by atoms with E-state index in [2.05, 4.69) is 4.90 Å². The zero-order chi connectivity index (χ0) is 14.8. The Morgan fingerprint density at radius 1 is 0.950 bits per heavy atom. The van der Waals surface area contributed by atoms with Gasteiger partial charge in [-0.25, -0.2) is 0 Å². The van der Waals surface area contributed by atoms with Crippen LogP contribution in [0.15, 0.2) is 24.3 Å². The molecule has 0 aromatic heterocycles. The normalized spacial score (nSPS) is 18.2. The van der Waals surface area contributed by atoms with Crippen LogP contribution in [0.2, 0.25) is 0 Å². The first-order valence-electron chi connectivity index (χ1n) is 6.57. The Hall–Kier alpha value is -1.17. The number of likely N-dealkylation sites (tertiary alicyclic amines) is 1. The van der Waals surface area contributed by atoms with E-state index in [0.29, 0.717) is 12.1 Å². The van der Waals surface area contributed by atoms with Gasteiger partial charge in [-0.05, 0) is 37.6 Å². The molecule has 1 saturated heterocycles.